The number of nitrogens with zero attached hydrogens (tertiary/aromatic N) is 2. The van der Waals surface area contributed by atoms with Gasteiger partial charge in [0.25, 0.3) is 0 Å². The molecule has 0 aromatic carbocycles. The molecule has 2 heterocycles. The van der Waals surface area contributed by atoms with Gasteiger partial charge in [0, 0.05) is 44.9 Å². The number of likely N-dealkylation sites (tertiary alicyclic amines) is 2. The first-order valence-corrected chi connectivity index (χ1v) is 9.94. The molecule has 0 bridgehead atoms. The molecule has 3 fully saturated rings. The standard InChI is InChI=1S/C19H35N3O2/c1-14(2)22-13-17(24-3)18(22)15-9-11-21(12-10-15)19(23)20-16-7-5-4-6-8-16/h14-18H,4-13H2,1-3H3,(H,20,23)/t17-,18-/m0/s1. The molecule has 2 aliphatic heterocycles. The Labute approximate surface area is 147 Å². The van der Waals surface area contributed by atoms with Crippen molar-refractivity contribution >= 4 is 6.03 Å². The van der Waals surface area contributed by atoms with Gasteiger partial charge in [-0.1, -0.05) is 19.3 Å². The van der Waals surface area contributed by atoms with Gasteiger partial charge in [-0.3, -0.25) is 4.90 Å². The average molecular weight is 338 g/mol. The first kappa shape index (κ1) is 18.0. The maximum absolute atomic E-state index is 12.5. The van der Waals surface area contributed by atoms with Crippen LogP contribution in [0.5, 0.6) is 0 Å². The zero-order valence-electron chi connectivity index (χ0n) is 15.7. The van der Waals surface area contributed by atoms with E-state index in [1.165, 1.54) is 19.3 Å². The van der Waals surface area contributed by atoms with Gasteiger partial charge in [0.05, 0.1) is 6.10 Å². The summed E-state index contributed by atoms with van der Waals surface area (Å²) in [6.07, 6.45) is 8.74. The molecule has 5 heteroatoms. The molecule has 3 rings (SSSR count). The third-order valence-electron chi connectivity index (χ3n) is 6.36. The lowest BCUT2D eigenvalue weighted by molar-refractivity contribution is -0.127. The number of carbonyl (C=O) groups excluding carboxylic acids is 1. The van der Waals surface area contributed by atoms with Crippen LogP contribution in [0.25, 0.3) is 0 Å². The van der Waals surface area contributed by atoms with E-state index in [0.29, 0.717) is 30.1 Å². The van der Waals surface area contributed by atoms with E-state index >= 15 is 0 Å². The van der Waals surface area contributed by atoms with Crippen molar-refractivity contribution in [3.63, 3.8) is 0 Å². The molecule has 138 valence electrons. The summed E-state index contributed by atoms with van der Waals surface area (Å²) in [4.78, 5) is 17.1. The molecule has 0 spiro atoms. The smallest absolute Gasteiger partial charge is 0.317 e. The number of carbonyl (C=O) groups is 1. The van der Waals surface area contributed by atoms with Crippen LogP contribution in [-0.2, 0) is 4.74 Å². The summed E-state index contributed by atoms with van der Waals surface area (Å²) in [5.74, 6) is 0.657. The lowest BCUT2D eigenvalue weighted by Crippen LogP contribution is -2.67. The fraction of sp³-hybridized carbons (Fsp3) is 0.947. The minimum absolute atomic E-state index is 0.165. The van der Waals surface area contributed by atoms with Crippen LogP contribution in [0, 0.1) is 5.92 Å². The van der Waals surface area contributed by atoms with E-state index in [-0.39, 0.29) is 6.03 Å². The van der Waals surface area contributed by atoms with Crippen molar-refractivity contribution in [1.82, 2.24) is 15.1 Å². The molecule has 1 N–H and O–H groups in total. The first-order valence-electron chi connectivity index (χ1n) is 9.94. The van der Waals surface area contributed by atoms with Gasteiger partial charge in [0.2, 0.25) is 0 Å². The van der Waals surface area contributed by atoms with Crippen molar-refractivity contribution in [2.75, 3.05) is 26.7 Å². The number of ether oxygens (including phenoxy) is 1. The van der Waals surface area contributed by atoms with Gasteiger partial charge in [-0.05, 0) is 45.4 Å². The minimum atomic E-state index is 0.165. The van der Waals surface area contributed by atoms with E-state index < -0.39 is 0 Å². The zero-order chi connectivity index (χ0) is 17.1. The minimum Gasteiger partial charge on any atom is -0.378 e. The summed E-state index contributed by atoms with van der Waals surface area (Å²) in [6, 6.07) is 1.69. The van der Waals surface area contributed by atoms with Crippen molar-refractivity contribution < 1.29 is 9.53 Å². The number of amides is 2. The Hall–Kier alpha value is -0.810. The van der Waals surface area contributed by atoms with Gasteiger partial charge in [-0.25, -0.2) is 4.79 Å². The monoisotopic (exact) mass is 337 g/mol. The number of methoxy groups -OCH3 is 1. The Morgan fingerprint density at radius 3 is 2.33 bits per heavy atom. The van der Waals surface area contributed by atoms with Crippen molar-refractivity contribution in [1.29, 1.82) is 0 Å². The van der Waals surface area contributed by atoms with Crippen LogP contribution >= 0.6 is 0 Å². The quantitative estimate of drug-likeness (QED) is 0.858. The molecule has 0 aromatic rings. The van der Waals surface area contributed by atoms with Crippen molar-refractivity contribution in [3.8, 4) is 0 Å². The summed E-state index contributed by atoms with van der Waals surface area (Å²) in [5, 5.41) is 3.26. The molecular formula is C19H35N3O2. The fourth-order valence-corrected chi connectivity index (χ4v) is 4.81. The highest BCUT2D eigenvalue weighted by molar-refractivity contribution is 5.74. The molecule has 2 saturated heterocycles. The molecular weight excluding hydrogens is 302 g/mol. The molecule has 1 saturated carbocycles. The lowest BCUT2D eigenvalue weighted by Gasteiger charge is -2.54. The largest absolute Gasteiger partial charge is 0.378 e. The molecule has 5 nitrogen and oxygen atoms in total. The van der Waals surface area contributed by atoms with Gasteiger partial charge in [0.1, 0.15) is 0 Å². The Bertz CT molecular complexity index is 415. The molecule has 0 aromatic heterocycles. The van der Waals surface area contributed by atoms with Crippen LogP contribution in [0.15, 0.2) is 0 Å². The van der Waals surface area contributed by atoms with E-state index in [1.54, 1.807) is 0 Å². The second kappa shape index (κ2) is 8.05. The summed E-state index contributed by atoms with van der Waals surface area (Å²) >= 11 is 0. The van der Waals surface area contributed by atoms with Crippen LogP contribution in [0.4, 0.5) is 4.79 Å². The highest BCUT2D eigenvalue weighted by Crippen LogP contribution is 2.35. The maximum atomic E-state index is 12.5. The molecule has 24 heavy (non-hydrogen) atoms. The van der Waals surface area contributed by atoms with Gasteiger partial charge >= 0.3 is 6.03 Å². The predicted octanol–water partition coefficient (Wildman–Crippen LogP) is 2.85. The van der Waals surface area contributed by atoms with Gasteiger partial charge in [-0.15, -0.1) is 0 Å². The Kier molecular flexibility index (Phi) is 6.03. The van der Waals surface area contributed by atoms with Crippen LogP contribution in [0.3, 0.4) is 0 Å². The van der Waals surface area contributed by atoms with Gasteiger partial charge in [0.15, 0.2) is 0 Å². The molecule has 0 radical (unpaired) electrons. The molecule has 3 aliphatic rings. The Morgan fingerprint density at radius 1 is 1.08 bits per heavy atom. The van der Waals surface area contributed by atoms with E-state index in [2.05, 4.69) is 24.1 Å². The molecule has 1 aliphatic carbocycles. The van der Waals surface area contributed by atoms with Crippen molar-refractivity contribution in [2.45, 2.75) is 83.0 Å². The van der Waals surface area contributed by atoms with E-state index in [9.17, 15) is 4.79 Å². The van der Waals surface area contributed by atoms with Crippen LogP contribution in [0.1, 0.15) is 58.8 Å². The number of hydrogen-bond acceptors (Lipinski definition) is 3. The van der Waals surface area contributed by atoms with Crippen LogP contribution in [0.2, 0.25) is 0 Å². The lowest BCUT2D eigenvalue weighted by atomic mass is 9.79. The topological polar surface area (TPSA) is 44.8 Å². The van der Waals surface area contributed by atoms with E-state index in [1.807, 2.05) is 12.0 Å². The zero-order valence-corrected chi connectivity index (χ0v) is 15.7. The second-order valence-corrected chi connectivity index (χ2v) is 8.16. The predicted molar refractivity (Wildman–Crippen MR) is 96.1 cm³/mol. The highest BCUT2D eigenvalue weighted by Gasteiger charge is 2.45. The number of urea groups is 1. The first-order chi connectivity index (χ1) is 11.6. The Morgan fingerprint density at radius 2 is 1.75 bits per heavy atom. The second-order valence-electron chi connectivity index (χ2n) is 8.16. The van der Waals surface area contributed by atoms with E-state index in [0.717, 1.165) is 45.3 Å². The fourth-order valence-electron chi connectivity index (χ4n) is 4.81. The molecule has 2 atom stereocenters. The third-order valence-corrected chi connectivity index (χ3v) is 6.36. The van der Waals surface area contributed by atoms with Crippen molar-refractivity contribution in [3.05, 3.63) is 0 Å². The summed E-state index contributed by atoms with van der Waals surface area (Å²) in [7, 11) is 1.84. The third kappa shape index (κ3) is 3.88. The summed E-state index contributed by atoms with van der Waals surface area (Å²) in [5.41, 5.74) is 0. The molecule has 2 amide bonds. The number of nitrogens with one attached hydrogen (secondary N) is 1. The van der Waals surface area contributed by atoms with Gasteiger partial charge < -0.3 is 15.0 Å². The Balaban J connectivity index is 1.47. The van der Waals surface area contributed by atoms with Gasteiger partial charge in [-0.2, -0.15) is 0 Å². The van der Waals surface area contributed by atoms with Crippen LogP contribution < -0.4 is 5.32 Å². The average Bonchev–Trinajstić information content (AvgIpc) is 2.55. The SMILES string of the molecule is CO[C@H]1CN(C(C)C)[C@H]1C1CCN(C(=O)NC2CCCCC2)CC1. The summed E-state index contributed by atoms with van der Waals surface area (Å²) in [6.45, 7) is 7.38. The van der Waals surface area contributed by atoms with Crippen molar-refractivity contribution in [2.24, 2.45) is 5.92 Å². The normalized spacial score (nSPS) is 30.4. The maximum Gasteiger partial charge on any atom is 0.317 e. The number of piperidine rings is 1. The summed E-state index contributed by atoms with van der Waals surface area (Å²) < 4.78 is 5.67. The van der Waals surface area contributed by atoms with Crippen LogP contribution in [-0.4, -0.2) is 66.8 Å². The van der Waals surface area contributed by atoms with E-state index in [4.69, 9.17) is 4.74 Å². The highest BCUT2D eigenvalue weighted by atomic mass is 16.5. The number of hydrogen-bond donors (Lipinski definition) is 1. The molecule has 0 unspecified atom stereocenters. The number of rotatable bonds is 4.